The minimum absolute atomic E-state index is 0.127. The Morgan fingerprint density at radius 1 is 1.17 bits per heavy atom. The number of rotatable bonds is 5. The zero-order chi connectivity index (χ0) is 21.4. The highest BCUT2D eigenvalue weighted by atomic mass is 35.5. The summed E-state index contributed by atoms with van der Waals surface area (Å²) in [5, 5.41) is 3.41. The lowest BCUT2D eigenvalue weighted by Gasteiger charge is -2.06. The van der Waals surface area contributed by atoms with Gasteiger partial charge in [-0.05, 0) is 55.3 Å². The number of fused-ring (bicyclic) bond motifs is 1. The van der Waals surface area contributed by atoms with Gasteiger partial charge in [0.25, 0.3) is 0 Å². The first-order valence-corrected chi connectivity index (χ1v) is 9.84. The number of carbonyl (C=O) groups is 1. The second-order valence-electron chi connectivity index (χ2n) is 7.30. The molecule has 0 radical (unpaired) electrons. The van der Waals surface area contributed by atoms with Crippen LogP contribution in [0.1, 0.15) is 17.1 Å². The van der Waals surface area contributed by atoms with Gasteiger partial charge in [-0.2, -0.15) is 0 Å². The highest BCUT2D eigenvalue weighted by molar-refractivity contribution is 6.31. The molecule has 0 aliphatic heterocycles. The van der Waals surface area contributed by atoms with Gasteiger partial charge >= 0.3 is 5.69 Å². The van der Waals surface area contributed by atoms with E-state index in [0.29, 0.717) is 21.9 Å². The lowest BCUT2D eigenvalue weighted by molar-refractivity contribution is -0.121. The Labute approximate surface area is 177 Å². The number of carbonyl (C=O) groups excluding carboxylic acids is 1. The van der Waals surface area contributed by atoms with Crippen molar-refractivity contribution in [3.8, 4) is 11.1 Å². The molecule has 0 aliphatic carbocycles. The molecule has 7 nitrogen and oxygen atoms in total. The third kappa shape index (κ3) is 3.89. The standard InChI is InChI=1S/C22H21ClN4O3/c1-13-6-15(8-17(23)7-13)16-9-19-21(25-10-16)27(22(29)26(19)3)12-20(28)24-11-18-5-4-14(2)30-18/h4-10H,11-12H2,1-3H3,(H,24,28). The third-order valence-corrected chi connectivity index (χ3v) is 5.13. The Balaban J connectivity index is 1.62. The highest BCUT2D eigenvalue weighted by Gasteiger charge is 2.16. The summed E-state index contributed by atoms with van der Waals surface area (Å²) in [5.74, 6) is 1.14. The molecular weight excluding hydrogens is 404 g/mol. The van der Waals surface area contributed by atoms with Gasteiger partial charge in [0.05, 0.1) is 12.1 Å². The molecule has 3 heterocycles. The number of nitrogens with one attached hydrogen (secondary N) is 1. The molecule has 4 rings (SSSR count). The minimum atomic E-state index is -0.305. The van der Waals surface area contributed by atoms with Crippen molar-refractivity contribution < 1.29 is 9.21 Å². The predicted octanol–water partition coefficient (Wildman–Crippen LogP) is 3.58. The summed E-state index contributed by atoms with van der Waals surface area (Å²) in [6, 6.07) is 11.3. The van der Waals surface area contributed by atoms with Crippen molar-refractivity contribution in [2.24, 2.45) is 7.05 Å². The quantitative estimate of drug-likeness (QED) is 0.531. The molecule has 0 aliphatic rings. The first-order chi connectivity index (χ1) is 14.3. The average molecular weight is 425 g/mol. The number of furan rings is 1. The number of aromatic nitrogens is 3. The van der Waals surface area contributed by atoms with E-state index in [4.69, 9.17) is 16.0 Å². The normalized spacial score (nSPS) is 11.2. The van der Waals surface area contributed by atoms with Gasteiger partial charge in [-0.1, -0.05) is 17.7 Å². The van der Waals surface area contributed by atoms with E-state index in [0.717, 1.165) is 22.5 Å². The largest absolute Gasteiger partial charge is 0.465 e. The second-order valence-corrected chi connectivity index (χ2v) is 7.74. The highest BCUT2D eigenvalue weighted by Crippen LogP contribution is 2.26. The summed E-state index contributed by atoms with van der Waals surface area (Å²) in [6.45, 7) is 3.94. The summed E-state index contributed by atoms with van der Waals surface area (Å²) >= 11 is 6.18. The monoisotopic (exact) mass is 424 g/mol. The Kier molecular flexibility index (Phi) is 5.22. The molecule has 1 N–H and O–H groups in total. The van der Waals surface area contributed by atoms with Gasteiger partial charge in [0, 0.05) is 23.8 Å². The van der Waals surface area contributed by atoms with E-state index >= 15 is 0 Å². The molecule has 0 fully saturated rings. The van der Waals surface area contributed by atoms with Crippen LogP contribution >= 0.6 is 11.6 Å². The number of aryl methyl sites for hydroxylation is 3. The number of imidazole rings is 1. The first kappa shape index (κ1) is 20.0. The molecule has 0 atom stereocenters. The number of hydrogen-bond donors (Lipinski definition) is 1. The molecule has 30 heavy (non-hydrogen) atoms. The number of pyridine rings is 1. The molecule has 1 aromatic carbocycles. The van der Waals surface area contributed by atoms with E-state index in [-0.39, 0.29) is 24.7 Å². The summed E-state index contributed by atoms with van der Waals surface area (Å²) in [7, 11) is 1.67. The second kappa shape index (κ2) is 7.84. The van der Waals surface area contributed by atoms with Crippen LogP contribution in [0.25, 0.3) is 22.3 Å². The van der Waals surface area contributed by atoms with Gasteiger partial charge < -0.3 is 9.73 Å². The average Bonchev–Trinajstić information content (AvgIpc) is 3.22. The van der Waals surface area contributed by atoms with Crippen LogP contribution in [0.4, 0.5) is 0 Å². The molecule has 0 unspecified atom stereocenters. The summed E-state index contributed by atoms with van der Waals surface area (Å²) in [5.41, 5.74) is 3.59. The maximum atomic E-state index is 12.7. The molecule has 3 aromatic heterocycles. The number of amides is 1. The lowest BCUT2D eigenvalue weighted by atomic mass is 10.1. The molecule has 1 amide bonds. The van der Waals surface area contributed by atoms with Crippen LogP contribution in [-0.2, 0) is 24.9 Å². The Bertz CT molecular complexity index is 1300. The van der Waals surface area contributed by atoms with Gasteiger partial charge in [-0.25, -0.2) is 9.78 Å². The summed E-state index contributed by atoms with van der Waals surface area (Å²) < 4.78 is 8.30. The van der Waals surface area contributed by atoms with Crippen LogP contribution in [0.3, 0.4) is 0 Å². The van der Waals surface area contributed by atoms with Crippen molar-refractivity contribution in [2.45, 2.75) is 26.9 Å². The fraction of sp³-hybridized carbons (Fsp3) is 0.227. The van der Waals surface area contributed by atoms with Gasteiger partial charge in [-0.15, -0.1) is 0 Å². The van der Waals surface area contributed by atoms with Crippen LogP contribution in [0.15, 0.2) is 51.8 Å². The third-order valence-electron chi connectivity index (χ3n) is 4.92. The van der Waals surface area contributed by atoms with Crippen molar-refractivity contribution in [1.29, 1.82) is 0 Å². The van der Waals surface area contributed by atoms with Crippen molar-refractivity contribution in [2.75, 3.05) is 0 Å². The zero-order valence-corrected chi connectivity index (χ0v) is 17.7. The van der Waals surface area contributed by atoms with Crippen LogP contribution < -0.4 is 11.0 Å². The molecular formula is C22H21ClN4O3. The SMILES string of the molecule is Cc1cc(Cl)cc(-c2cnc3c(c2)n(C)c(=O)n3CC(=O)NCc2ccc(C)o2)c1. The smallest absolute Gasteiger partial charge is 0.330 e. The number of nitrogens with zero attached hydrogens (tertiary/aromatic N) is 3. The van der Waals surface area contributed by atoms with E-state index in [1.165, 1.54) is 9.13 Å². The Morgan fingerprint density at radius 2 is 1.97 bits per heavy atom. The molecule has 0 spiro atoms. The van der Waals surface area contributed by atoms with Gasteiger partial charge in [-0.3, -0.25) is 13.9 Å². The van der Waals surface area contributed by atoms with Gasteiger partial charge in [0.15, 0.2) is 5.65 Å². The molecule has 0 saturated carbocycles. The molecule has 0 saturated heterocycles. The van der Waals surface area contributed by atoms with E-state index in [9.17, 15) is 9.59 Å². The summed E-state index contributed by atoms with van der Waals surface area (Å²) in [4.78, 5) is 29.6. The van der Waals surface area contributed by atoms with Crippen molar-refractivity contribution in [1.82, 2.24) is 19.4 Å². The van der Waals surface area contributed by atoms with Gasteiger partial charge in [0.2, 0.25) is 5.91 Å². The van der Waals surface area contributed by atoms with E-state index in [2.05, 4.69) is 10.3 Å². The zero-order valence-electron chi connectivity index (χ0n) is 16.9. The minimum Gasteiger partial charge on any atom is -0.465 e. The maximum absolute atomic E-state index is 12.7. The van der Waals surface area contributed by atoms with Crippen molar-refractivity contribution >= 4 is 28.7 Å². The van der Waals surface area contributed by atoms with Crippen molar-refractivity contribution in [3.63, 3.8) is 0 Å². The number of benzene rings is 1. The van der Waals surface area contributed by atoms with Crippen LogP contribution in [0, 0.1) is 13.8 Å². The maximum Gasteiger partial charge on any atom is 0.330 e. The van der Waals surface area contributed by atoms with Crippen LogP contribution in [0.2, 0.25) is 5.02 Å². The van der Waals surface area contributed by atoms with E-state index < -0.39 is 0 Å². The van der Waals surface area contributed by atoms with Crippen molar-refractivity contribution in [3.05, 3.63) is 75.2 Å². The topological polar surface area (TPSA) is 82.1 Å². The predicted molar refractivity (Wildman–Crippen MR) is 115 cm³/mol. The molecule has 8 heteroatoms. The lowest BCUT2D eigenvalue weighted by Crippen LogP contribution is -2.32. The Hall–Kier alpha value is -3.32. The fourth-order valence-electron chi connectivity index (χ4n) is 3.44. The molecule has 0 bridgehead atoms. The van der Waals surface area contributed by atoms with Crippen LogP contribution in [0.5, 0.6) is 0 Å². The molecule has 4 aromatic rings. The number of halogens is 1. The summed E-state index contributed by atoms with van der Waals surface area (Å²) in [6.07, 6.45) is 1.69. The fourth-order valence-corrected chi connectivity index (χ4v) is 3.73. The van der Waals surface area contributed by atoms with Gasteiger partial charge in [0.1, 0.15) is 18.1 Å². The molecule has 154 valence electrons. The van der Waals surface area contributed by atoms with Crippen LogP contribution in [-0.4, -0.2) is 20.0 Å². The number of hydrogen-bond acceptors (Lipinski definition) is 4. The van der Waals surface area contributed by atoms with E-state index in [1.54, 1.807) is 19.3 Å². The first-order valence-electron chi connectivity index (χ1n) is 9.46. The Morgan fingerprint density at radius 3 is 2.67 bits per heavy atom. The van der Waals surface area contributed by atoms with E-state index in [1.807, 2.05) is 44.2 Å².